The molecule has 3 nitrogen and oxygen atoms in total. The summed E-state index contributed by atoms with van der Waals surface area (Å²) in [5.74, 6) is 0.487. The van der Waals surface area contributed by atoms with E-state index in [1.165, 1.54) is 0 Å². The van der Waals surface area contributed by atoms with Gasteiger partial charge in [-0.05, 0) is 25.2 Å². The Balaban J connectivity index is 2.01. The van der Waals surface area contributed by atoms with Crippen LogP contribution < -0.4 is 0 Å². The van der Waals surface area contributed by atoms with Gasteiger partial charge >= 0.3 is 6.16 Å². The third-order valence-corrected chi connectivity index (χ3v) is 2.60. The zero-order valence-electron chi connectivity index (χ0n) is 6.86. The monoisotopic (exact) mass is 168 g/mol. The molecule has 2 fully saturated rings. The van der Waals surface area contributed by atoms with Crippen molar-refractivity contribution in [1.29, 1.82) is 0 Å². The number of allylic oxidation sites excluding steroid dienone is 1. The fourth-order valence-corrected chi connectivity index (χ4v) is 1.88. The van der Waals surface area contributed by atoms with Crippen LogP contribution in [0.2, 0.25) is 0 Å². The number of fused-ring (bicyclic) bond motifs is 1. The topological polar surface area (TPSA) is 35.5 Å². The van der Waals surface area contributed by atoms with Gasteiger partial charge in [0.05, 0.1) is 0 Å². The Hall–Kier alpha value is -0.990. The van der Waals surface area contributed by atoms with Crippen LogP contribution in [0.15, 0.2) is 12.7 Å². The molecule has 3 heteroatoms. The SMILES string of the molecule is C=CC1CCC2OC(=O)OC2C1. The summed E-state index contributed by atoms with van der Waals surface area (Å²) in [7, 11) is 0. The van der Waals surface area contributed by atoms with E-state index in [1.54, 1.807) is 0 Å². The standard InChI is InChI=1S/C9H12O3/c1-2-6-3-4-7-8(5-6)12-9(10)11-7/h2,6-8H,1,3-5H2. The minimum atomic E-state index is -0.505. The number of rotatable bonds is 1. The normalized spacial score (nSPS) is 39.7. The smallest absolute Gasteiger partial charge is 0.427 e. The van der Waals surface area contributed by atoms with Crippen LogP contribution in [0.3, 0.4) is 0 Å². The summed E-state index contributed by atoms with van der Waals surface area (Å²) in [6, 6.07) is 0. The molecular formula is C9H12O3. The summed E-state index contributed by atoms with van der Waals surface area (Å²) in [5, 5.41) is 0. The van der Waals surface area contributed by atoms with Crippen molar-refractivity contribution < 1.29 is 14.3 Å². The molecule has 1 aliphatic heterocycles. The molecule has 0 radical (unpaired) electrons. The number of ether oxygens (including phenoxy) is 2. The second kappa shape index (κ2) is 2.81. The molecule has 1 saturated carbocycles. The van der Waals surface area contributed by atoms with Gasteiger partial charge in [0.1, 0.15) is 12.2 Å². The molecule has 0 aromatic heterocycles. The third kappa shape index (κ3) is 1.19. The fourth-order valence-electron chi connectivity index (χ4n) is 1.88. The van der Waals surface area contributed by atoms with Crippen LogP contribution in [-0.4, -0.2) is 18.4 Å². The summed E-state index contributed by atoms with van der Waals surface area (Å²) >= 11 is 0. The van der Waals surface area contributed by atoms with E-state index >= 15 is 0 Å². The second-order valence-corrected chi connectivity index (χ2v) is 3.37. The minimum absolute atomic E-state index is 0.00806. The van der Waals surface area contributed by atoms with Gasteiger partial charge in [-0.25, -0.2) is 4.79 Å². The Morgan fingerprint density at radius 1 is 1.33 bits per heavy atom. The van der Waals surface area contributed by atoms with Crippen molar-refractivity contribution in [1.82, 2.24) is 0 Å². The van der Waals surface area contributed by atoms with Gasteiger partial charge in [0.15, 0.2) is 0 Å². The highest BCUT2D eigenvalue weighted by atomic mass is 16.8. The predicted octanol–water partition coefficient (Wildman–Crippen LogP) is 1.88. The zero-order chi connectivity index (χ0) is 8.55. The molecule has 1 saturated heterocycles. The summed E-state index contributed by atoms with van der Waals surface area (Å²) in [6.07, 6.45) is 4.26. The summed E-state index contributed by atoms with van der Waals surface area (Å²) in [6.45, 7) is 3.74. The molecule has 0 bridgehead atoms. The highest BCUT2D eigenvalue weighted by Crippen LogP contribution is 2.33. The lowest BCUT2D eigenvalue weighted by atomic mass is 9.86. The molecule has 0 N–H and O–H groups in total. The minimum Gasteiger partial charge on any atom is -0.427 e. The van der Waals surface area contributed by atoms with E-state index in [0.717, 1.165) is 19.3 Å². The van der Waals surface area contributed by atoms with E-state index < -0.39 is 6.16 Å². The van der Waals surface area contributed by atoms with Crippen molar-refractivity contribution in [2.45, 2.75) is 31.5 Å². The number of hydrogen-bond donors (Lipinski definition) is 0. The van der Waals surface area contributed by atoms with E-state index in [-0.39, 0.29) is 12.2 Å². The Morgan fingerprint density at radius 2 is 2.08 bits per heavy atom. The lowest BCUT2D eigenvalue weighted by molar-refractivity contribution is 0.0932. The molecule has 0 spiro atoms. The van der Waals surface area contributed by atoms with Crippen molar-refractivity contribution in [2.75, 3.05) is 0 Å². The van der Waals surface area contributed by atoms with Gasteiger partial charge in [-0.15, -0.1) is 6.58 Å². The van der Waals surface area contributed by atoms with Crippen molar-refractivity contribution in [3.63, 3.8) is 0 Å². The van der Waals surface area contributed by atoms with Crippen LogP contribution in [0.1, 0.15) is 19.3 Å². The maximum Gasteiger partial charge on any atom is 0.509 e. The first-order chi connectivity index (χ1) is 5.79. The van der Waals surface area contributed by atoms with Crippen LogP contribution in [-0.2, 0) is 9.47 Å². The van der Waals surface area contributed by atoms with E-state index in [4.69, 9.17) is 9.47 Å². The molecule has 2 aliphatic rings. The first-order valence-corrected chi connectivity index (χ1v) is 4.29. The van der Waals surface area contributed by atoms with Gasteiger partial charge in [-0.2, -0.15) is 0 Å². The molecule has 2 rings (SSSR count). The maximum atomic E-state index is 10.7. The Kier molecular flexibility index (Phi) is 1.79. The Morgan fingerprint density at radius 3 is 2.83 bits per heavy atom. The van der Waals surface area contributed by atoms with Gasteiger partial charge < -0.3 is 9.47 Å². The molecule has 0 aromatic carbocycles. The van der Waals surface area contributed by atoms with E-state index in [1.807, 2.05) is 6.08 Å². The molecular weight excluding hydrogens is 156 g/mol. The molecule has 1 heterocycles. The fraction of sp³-hybridized carbons (Fsp3) is 0.667. The molecule has 3 unspecified atom stereocenters. The molecule has 1 aliphatic carbocycles. The van der Waals surface area contributed by atoms with Gasteiger partial charge in [-0.3, -0.25) is 0 Å². The van der Waals surface area contributed by atoms with Gasteiger partial charge in [0, 0.05) is 0 Å². The summed E-state index contributed by atoms with van der Waals surface area (Å²) in [5.41, 5.74) is 0. The highest BCUT2D eigenvalue weighted by Gasteiger charge is 2.40. The van der Waals surface area contributed by atoms with Crippen LogP contribution >= 0.6 is 0 Å². The van der Waals surface area contributed by atoms with E-state index in [2.05, 4.69) is 6.58 Å². The molecule has 3 atom stereocenters. The maximum absolute atomic E-state index is 10.7. The number of carbonyl (C=O) groups is 1. The zero-order valence-corrected chi connectivity index (χ0v) is 6.86. The van der Waals surface area contributed by atoms with E-state index in [9.17, 15) is 4.79 Å². The Labute approximate surface area is 71.3 Å². The molecule has 12 heavy (non-hydrogen) atoms. The summed E-state index contributed by atoms with van der Waals surface area (Å²) in [4.78, 5) is 10.7. The van der Waals surface area contributed by atoms with Crippen LogP contribution in [0.25, 0.3) is 0 Å². The van der Waals surface area contributed by atoms with Gasteiger partial charge in [0.25, 0.3) is 0 Å². The number of hydrogen-bond acceptors (Lipinski definition) is 3. The highest BCUT2D eigenvalue weighted by molar-refractivity contribution is 5.62. The van der Waals surface area contributed by atoms with Crippen molar-refractivity contribution in [3.8, 4) is 0 Å². The van der Waals surface area contributed by atoms with E-state index in [0.29, 0.717) is 5.92 Å². The first-order valence-electron chi connectivity index (χ1n) is 4.29. The third-order valence-electron chi connectivity index (χ3n) is 2.60. The lowest BCUT2D eigenvalue weighted by Gasteiger charge is -2.25. The molecule has 0 aromatic rings. The van der Waals surface area contributed by atoms with Crippen LogP contribution in [0, 0.1) is 5.92 Å². The van der Waals surface area contributed by atoms with Gasteiger partial charge in [-0.1, -0.05) is 6.08 Å². The average molecular weight is 168 g/mol. The van der Waals surface area contributed by atoms with Gasteiger partial charge in [0.2, 0.25) is 0 Å². The van der Waals surface area contributed by atoms with Crippen molar-refractivity contribution >= 4 is 6.16 Å². The molecule has 66 valence electrons. The quantitative estimate of drug-likeness (QED) is 0.443. The van der Waals surface area contributed by atoms with Crippen molar-refractivity contribution in [3.05, 3.63) is 12.7 Å². The largest absolute Gasteiger partial charge is 0.509 e. The Bertz CT molecular complexity index is 212. The van der Waals surface area contributed by atoms with Crippen LogP contribution in [0.4, 0.5) is 4.79 Å². The second-order valence-electron chi connectivity index (χ2n) is 3.37. The lowest BCUT2D eigenvalue weighted by Crippen LogP contribution is -2.30. The first kappa shape index (κ1) is 7.65. The summed E-state index contributed by atoms with van der Waals surface area (Å²) < 4.78 is 9.95. The average Bonchev–Trinajstić information content (AvgIpc) is 2.43. The predicted molar refractivity (Wildman–Crippen MR) is 42.7 cm³/mol. The number of carbonyl (C=O) groups excluding carboxylic acids is 1. The van der Waals surface area contributed by atoms with Crippen LogP contribution in [0.5, 0.6) is 0 Å². The molecule has 0 amide bonds. The van der Waals surface area contributed by atoms with Crippen molar-refractivity contribution in [2.24, 2.45) is 5.92 Å².